The second kappa shape index (κ2) is 5.83. The Labute approximate surface area is 116 Å². The summed E-state index contributed by atoms with van der Waals surface area (Å²) in [6.45, 7) is 3.24. The average Bonchev–Trinajstić information content (AvgIpc) is 2.53. The molecule has 1 fully saturated rings. The molecule has 0 aliphatic carbocycles. The van der Waals surface area contributed by atoms with Crippen LogP contribution in [0.4, 0.5) is 4.79 Å². The summed E-state index contributed by atoms with van der Waals surface area (Å²) >= 11 is 4.77. The van der Waals surface area contributed by atoms with Gasteiger partial charge in [-0.05, 0) is 26.1 Å². The summed E-state index contributed by atoms with van der Waals surface area (Å²) in [5, 5.41) is 5.42. The third-order valence-electron chi connectivity index (χ3n) is 2.55. The minimum atomic E-state index is -0.917. The van der Waals surface area contributed by atoms with Gasteiger partial charge in [0, 0.05) is 20.0 Å². The number of carbonyl (C=O) groups is 3. The van der Waals surface area contributed by atoms with Gasteiger partial charge < -0.3 is 10.6 Å². The van der Waals surface area contributed by atoms with E-state index in [1.54, 1.807) is 20.9 Å². The SMILES string of the molecule is CNC(=S)NNC(=O)CCN1C(=O)NC(C)(C)C1=O. The second-order valence-corrected chi connectivity index (χ2v) is 4.92. The first-order valence-corrected chi connectivity index (χ1v) is 6.09. The van der Waals surface area contributed by atoms with Gasteiger partial charge in [-0.1, -0.05) is 0 Å². The highest BCUT2D eigenvalue weighted by Crippen LogP contribution is 2.16. The van der Waals surface area contributed by atoms with Gasteiger partial charge in [-0.25, -0.2) is 4.79 Å². The van der Waals surface area contributed by atoms with Crippen molar-refractivity contribution in [2.24, 2.45) is 0 Å². The topological polar surface area (TPSA) is 103 Å². The van der Waals surface area contributed by atoms with E-state index in [1.165, 1.54) is 0 Å². The van der Waals surface area contributed by atoms with Crippen LogP contribution in [0.15, 0.2) is 0 Å². The van der Waals surface area contributed by atoms with Gasteiger partial charge in [-0.2, -0.15) is 0 Å². The van der Waals surface area contributed by atoms with E-state index >= 15 is 0 Å². The van der Waals surface area contributed by atoms with Crippen LogP contribution in [0.3, 0.4) is 0 Å². The molecule has 0 unspecified atom stereocenters. The maximum Gasteiger partial charge on any atom is 0.325 e. The quantitative estimate of drug-likeness (QED) is 0.296. The number of hydrazine groups is 1. The lowest BCUT2D eigenvalue weighted by atomic mass is 10.1. The Balaban J connectivity index is 2.41. The number of carbonyl (C=O) groups excluding carboxylic acids is 3. The van der Waals surface area contributed by atoms with Gasteiger partial charge in [-0.15, -0.1) is 0 Å². The number of thiocarbonyl (C=S) groups is 1. The summed E-state index contributed by atoms with van der Waals surface area (Å²) in [4.78, 5) is 35.9. The summed E-state index contributed by atoms with van der Waals surface area (Å²) < 4.78 is 0. The van der Waals surface area contributed by atoms with E-state index in [0.29, 0.717) is 0 Å². The van der Waals surface area contributed by atoms with Crippen LogP contribution in [0.1, 0.15) is 20.3 Å². The van der Waals surface area contributed by atoms with E-state index < -0.39 is 11.6 Å². The highest BCUT2D eigenvalue weighted by molar-refractivity contribution is 7.80. The van der Waals surface area contributed by atoms with Crippen LogP contribution in [0.25, 0.3) is 0 Å². The lowest BCUT2D eigenvalue weighted by Crippen LogP contribution is -2.46. The molecule has 1 aliphatic heterocycles. The first kappa shape index (κ1) is 15.2. The van der Waals surface area contributed by atoms with Crippen LogP contribution in [-0.2, 0) is 9.59 Å². The molecule has 1 rings (SSSR count). The number of hydrogen-bond donors (Lipinski definition) is 4. The summed E-state index contributed by atoms with van der Waals surface area (Å²) in [7, 11) is 1.61. The predicted octanol–water partition coefficient (Wildman–Crippen LogP) is -1.17. The molecule has 0 aromatic carbocycles. The first-order chi connectivity index (χ1) is 8.77. The molecule has 0 aromatic rings. The lowest BCUT2D eigenvalue weighted by Gasteiger charge is -2.16. The number of imide groups is 1. The molecule has 0 bridgehead atoms. The van der Waals surface area contributed by atoms with Gasteiger partial charge in [0.25, 0.3) is 5.91 Å². The van der Waals surface area contributed by atoms with Crippen LogP contribution in [0, 0.1) is 0 Å². The Kier molecular flexibility index (Phi) is 4.65. The third kappa shape index (κ3) is 3.78. The molecule has 1 aliphatic rings. The molecule has 9 heteroatoms. The van der Waals surface area contributed by atoms with E-state index in [4.69, 9.17) is 12.2 Å². The van der Waals surface area contributed by atoms with Crippen molar-refractivity contribution in [2.45, 2.75) is 25.8 Å². The number of rotatable bonds is 3. The minimum Gasteiger partial charge on any atom is -0.364 e. The fourth-order valence-electron chi connectivity index (χ4n) is 1.49. The number of nitrogens with one attached hydrogen (secondary N) is 4. The Morgan fingerprint density at radius 3 is 2.47 bits per heavy atom. The van der Waals surface area contributed by atoms with Crippen molar-refractivity contribution in [2.75, 3.05) is 13.6 Å². The van der Waals surface area contributed by atoms with Gasteiger partial charge in [0.2, 0.25) is 5.91 Å². The first-order valence-electron chi connectivity index (χ1n) is 5.68. The Morgan fingerprint density at radius 1 is 1.37 bits per heavy atom. The molecular weight excluding hydrogens is 270 g/mol. The molecule has 1 heterocycles. The molecule has 106 valence electrons. The fourth-order valence-corrected chi connectivity index (χ4v) is 1.54. The molecule has 0 radical (unpaired) electrons. The molecule has 0 atom stereocenters. The largest absolute Gasteiger partial charge is 0.364 e. The van der Waals surface area contributed by atoms with Gasteiger partial charge in [0.05, 0.1) is 0 Å². The molecular formula is C10H17N5O3S. The normalized spacial score (nSPS) is 16.9. The summed E-state index contributed by atoms with van der Waals surface area (Å²) in [5.74, 6) is -0.716. The second-order valence-electron chi connectivity index (χ2n) is 4.51. The van der Waals surface area contributed by atoms with E-state index in [2.05, 4.69) is 21.5 Å². The van der Waals surface area contributed by atoms with Gasteiger partial charge in [0.15, 0.2) is 5.11 Å². The van der Waals surface area contributed by atoms with Gasteiger partial charge in [0.1, 0.15) is 5.54 Å². The summed E-state index contributed by atoms with van der Waals surface area (Å²) in [6, 6.07) is -0.485. The number of nitrogens with zero attached hydrogens (tertiary/aromatic N) is 1. The van der Waals surface area contributed by atoms with Gasteiger partial charge >= 0.3 is 6.03 Å². The maximum atomic E-state index is 11.8. The van der Waals surface area contributed by atoms with Crippen molar-refractivity contribution in [3.05, 3.63) is 0 Å². The van der Waals surface area contributed by atoms with Crippen molar-refractivity contribution in [3.8, 4) is 0 Å². The van der Waals surface area contributed by atoms with Gasteiger partial charge in [-0.3, -0.25) is 25.3 Å². The fraction of sp³-hybridized carbons (Fsp3) is 0.600. The summed E-state index contributed by atoms with van der Waals surface area (Å²) in [6.07, 6.45) is -0.00539. The van der Waals surface area contributed by atoms with E-state index in [9.17, 15) is 14.4 Å². The van der Waals surface area contributed by atoms with E-state index in [-0.39, 0.29) is 29.9 Å². The third-order valence-corrected chi connectivity index (χ3v) is 2.86. The van der Waals surface area contributed by atoms with Crippen molar-refractivity contribution in [1.29, 1.82) is 0 Å². The highest BCUT2D eigenvalue weighted by atomic mass is 32.1. The lowest BCUT2D eigenvalue weighted by molar-refractivity contribution is -0.130. The van der Waals surface area contributed by atoms with Crippen LogP contribution >= 0.6 is 12.2 Å². The zero-order valence-electron chi connectivity index (χ0n) is 11.0. The molecule has 4 N–H and O–H groups in total. The van der Waals surface area contributed by atoms with Crippen LogP contribution < -0.4 is 21.5 Å². The number of amides is 4. The molecule has 0 saturated carbocycles. The monoisotopic (exact) mass is 287 g/mol. The molecule has 0 aromatic heterocycles. The molecule has 0 spiro atoms. The van der Waals surface area contributed by atoms with Crippen molar-refractivity contribution >= 4 is 35.2 Å². The van der Waals surface area contributed by atoms with Crippen molar-refractivity contribution in [3.63, 3.8) is 0 Å². The zero-order chi connectivity index (χ0) is 14.6. The van der Waals surface area contributed by atoms with Crippen LogP contribution in [0.5, 0.6) is 0 Å². The average molecular weight is 287 g/mol. The molecule has 4 amide bonds. The number of urea groups is 1. The van der Waals surface area contributed by atoms with E-state index in [0.717, 1.165) is 4.90 Å². The Bertz CT molecular complexity index is 423. The molecule has 8 nitrogen and oxygen atoms in total. The van der Waals surface area contributed by atoms with Crippen LogP contribution in [-0.4, -0.2) is 47.0 Å². The van der Waals surface area contributed by atoms with E-state index in [1.807, 2.05) is 0 Å². The predicted molar refractivity (Wildman–Crippen MR) is 71.9 cm³/mol. The smallest absolute Gasteiger partial charge is 0.325 e. The maximum absolute atomic E-state index is 11.8. The van der Waals surface area contributed by atoms with Crippen molar-refractivity contribution < 1.29 is 14.4 Å². The Morgan fingerprint density at radius 2 is 2.00 bits per heavy atom. The highest BCUT2D eigenvalue weighted by Gasteiger charge is 2.43. The van der Waals surface area contributed by atoms with Crippen LogP contribution in [0.2, 0.25) is 0 Å². The molecule has 19 heavy (non-hydrogen) atoms. The van der Waals surface area contributed by atoms with Crippen molar-refractivity contribution in [1.82, 2.24) is 26.4 Å². The zero-order valence-corrected chi connectivity index (χ0v) is 11.8. The minimum absolute atomic E-state index is 0.00539. The Hall–Kier alpha value is -1.90. The number of hydrogen-bond acceptors (Lipinski definition) is 4. The molecule has 1 saturated heterocycles. The summed E-state index contributed by atoms with van der Waals surface area (Å²) in [5.41, 5.74) is 3.89. The standard InChI is InChI=1S/C10H17N5O3S/c1-10(2)7(17)15(9(18)12-10)5-4-6(16)13-14-8(19)11-3/h4-5H2,1-3H3,(H,12,18)(H,13,16)(H2,11,14,19).